The van der Waals surface area contributed by atoms with Gasteiger partial charge in [-0.2, -0.15) is 0 Å². The Kier molecular flexibility index (Phi) is 4.32. The Morgan fingerprint density at radius 2 is 2.50 bits per heavy atom. The fourth-order valence-corrected chi connectivity index (χ4v) is 2.97. The van der Waals surface area contributed by atoms with Gasteiger partial charge in [-0.15, -0.1) is 11.3 Å². The molecule has 0 spiro atoms. The third kappa shape index (κ3) is 3.27. The average molecular weight is 239 g/mol. The Morgan fingerprint density at radius 3 is 3.12 bits per heavy atom. The van der Waals surface area contributed by atoms with Gasteiger partial charge in [0, 0.05) is 30.1 Å². The van der Waals surface area contributed by atoms with Gasteiger partial charge >= 0.3 is 0 Å². The highest BCUT2D eigenvalue weighted by Crippen LogP contribution is 2.13. The second kappa shape index (κ2) is 5.75. The van der Waals surface area contributed by atoms with Gasteiger partial charge in [-0.1, -0.05) is 0 Å². The fraction of sp³-hybridized carbons (Fsp3) is 0.750. The first-order valence-electron chi connectivity index (χ1n) is 6.11. The van der Waals surface area contributed by atoms with Gasteiger partial charge in [0.25, 0.3) is 0 Å². The van der Waals surface area contributed by atoms with Crippen molar-refractivity contribution in [3.05, 3.63) is 16.1 Å². The van der Waals surface area contributed by atoms with Gasteiger partial charge in [0.1, 0.15) is 0 Å². The molecular formula is C12H21N3S. The maximum absolute atomic E-state index is 4.46. The van der Waals surface area contributed by atoms with Gasteiger partial charge in [-0.25, -0.2) is 4.98 Å². The molecule has 0 aromatic carbocycles. The lowest BCUT2D eigenvalue weighted by atomic mass is 10.0. The molecule has 2 heterocycles. The summed E-state index contributed by atoms with van der Waals surface area (Å²) >= 11 is 1.77. The minimum atomic E-state index is 0.676. The Morgan fingerprint density at radius 1 is 1.62 bits per heavy atom. The first kappa shape index (κ1) is 12.0. The van der Waals surface area contributed by atoms with Crippen LogP contribution in [-0.2, 0) is 6.42 Å². The minimum Gasteiger partial charge on any atom is -0.316 e. The number of hydrogen-bond acceptors (Lipinski definition) is 4. The summed E-state index contributed by atoms with van der Waals surface area (Å²) < 4.78 is 0. The Balaban J connectivity index is 1.61. The summed E-state index contributed by atoms with van der Waals surface area (Å²) in [6, 6.07) is 0.676. The van der Waals surface area contributed by atoms with Crippen LogP contribution in [-0.4, -0.2) is 30.7 Å². The van der Waals surface area contributed by atoms with Crippen molar-refractivity contribution in [1.82, 2.24) is 15.6 Å². The molecule has 1 fully saturated rings. The summed E-state index contributed by atoms with van der Waals surface area (Å²) in [5, 5.41) is 10.4. The lowest BCUT2D eigenvalue weighted by Gasteiger charge is -2.15. The van der Waals surface area contributed by atoms with Gasteiger partial charge in [0.05, 0.1) is 5.01 Å². The maximum Gasteiger partial charge on any atom is 0.0940 e. The number of hydrogen-bond donors (Lipinski definition) is 2. The number of aryl methyl sites for hydroxylation is 1. The molecule has 0 saturated carbocycles. The molecule has 1 aliphatic rings. The zero-order valence-corrected chi connectivity index (χ0v) is 10.9. The first-order valence-corrected chi connectivity index (χ1v) is 6.99. The van der Waals surface area contributed by atoms with E-state index in [1.807, 2.05) is 0 Å². The maximum atomic E-state index is 4.46. The Bertz CT molecular complexity index is 324. The molecular weight excluding hydrogens is 218 g/mol. The van der Waals surface area contributed by atoms with Crippen molar-refractivity contribution in [2.45, 2.75) is 32.7 Å². The zero-order chi connectivity index (χ0) is 11.4. The molecule has 0 amide bonds. The SMILES string of the molecule is Cc1csc(CCNCC2CCNC2C)n1. The van der Waals surface area contributed by atoms with Crippen LogP contribution in [0.3, 0.4) is 0 Å². The van der Waals surface area contributed by atoms with Crippen LogP contribution in [0.2, 0.25) is 0 Å². The molecule has 0 bridgehead atoms. The highest BCUT2D eigenvalue weighted by Gasteiger charge is 2.21. The van der Waals surface area contributed by atoms with Crippen molar-refractivity contribution in [3.8, 4) is 0 Å². The second-order valence-corrected chi connectivity index (χ2v) is 5.57. The summed E-state index contributed by atoms with van der Waals surface area (Å²) in [6.45, 7) is 7.71. The van der Waals surface area contributed by atoms with E-state index in [2.05, 4.69) is 34.8 Å². The van der Waals surface area contributed by atoms with E-state index in [9.17, 15) is 0 Å². The number of nitrogens with one attached hydrogen (secondary N) is 2. The highest BCUT2D eigenvalue weighted by atomic mass is 32.1. The third-order valence-corrected chi connectivity index (χ3v) is 4.30. The summed E-state index contributed by atoms with van der Waals surface area (Å²) in [5.41, 5.74) is 1.15. The molecule has 2 rings (SSSR count). The Labute approximate surface area is 102 Å². The van der Waals surface area contributed by atoms with Crippen molar-refractivity contribution >= 4 is 11.3 Å². The standard InChI is InChI=1S/C12H21N3S/c1-9-8-16-12(15-9)4-5-13-7-11-3-6-14-10(11)2/h8,10-11,13-14H,3-7H2,1-2H3. The number of thiazole rings is 1. The largest absolute Gasteiger partial charge is 0.316 e. The molecule has 1 saturated heterocycles. The molecule has 2 atom stereocenters. The second-order valence-electron chi connectivity index (χ2n) is 4.63. The predicted molar refractivity (Wildman–Crippen MR) is 69.0 cm³/mol. The monoisotopic (exact) mass is 239 g/mol. The van der Waals surface area contributed by atoms with E-state index in [4.69, 9.17) is 0 Å². The minimum absolute atomic E-state index is 0.676. The van der Waals surface area contributed by atoms with E-state index in [0.717, 1.165) is 31.1 Å². The van der Waals surface area contributed by atoms with Crippen LogP contribution in [0.5, 0.6) is 0 Å². The highest BCUT2D eigenvalue weighted by molar-refractivity contribution is 7.09. The molecule has 0 radical (unpaired) electrons. The normalized spacial score (nSPS) is 25.1. The lowest BCUT2D eigenvalue weighted by Crippen LogP contribution is -2.31. The van der Waals surface area contributed by atoms with Crippen molar-refractivity contribution < 1.29 is 0 Å². The fourth-order valence-electron chi connectivity index (χ4n) is 2.19. The molecule has 4 heteroatoms. The van der Waals surface area contributed by atoms with Crippen molar-refractivity contribution in [3.63, 3.8) is 0 Å². The lowest BCUT2D eigenvalue weighted by molar-refractivity contribution is 0.441. The molecule has 1 aliphatic heterocycles. The molecule has 1 aromatic heterocycles. The smallest absolute Gasteiger partial charge is 0.0940 e. The van der Waals surface area contributed by atoms with Gasteiger partial charge < -0.3 is 10.6 Å². The summed E-state index contributed by atoms with van der Waals surface area (Å²) in [6.07, 6.45) is 2.37. The summed E-state index contributed by atoms with van der Waals surface area (Å²) in [7, 11) is 0. The van der Waals surface area contributed by atoms with Crippen molar-refractivity contribution in [2.75, 3.05) is 19.6 Å². The van der Waals surface area contributed by atoms with Crippen LogP contribution in [0, 0.1) is 12.8 Å². The van der Waals surface area contributed by atoms with Gasteiger partial charge in [-0.3, -0.25) is 0 Å². The molecule has 16 heavy (non-hydrogen) atoms. The van der Waals surface area contributed by atoms with Crippen LogP contribution in [0.15, 0.2) is 5.38 Å². The number of nitrogens with zero attached hydrogens (tertiary/aromatic N) is 1. The van der Waals surface area contributed by atoms with Gasteiger partial charge in [-0.05, 0) is 39.3 Å². The summed E-state index contributed by atoms with van der Waals surface area (Å²) in [4.78, 5) is 4.46. The molecule has 2 N–H and O–H groups in total. The molecule has 0 aliphatic carbocycles. The quantitative estimate of drug-likeness (QED) is 0.766. The third-order valence-electron chi connectivity index (χ3n) is 3.28. The zero-order valence-electron chi connectivity index (χ0n) is 10.1. The van der Waals surface area contributed by atoms with E-state index in [1.165, 1.54) is 18.0 Å². The number of aromatic nitrogens is 1. The van der Waals surface area contributed by atoms with Crippen LogP contribution in [0.4, 0.5) is 0 Å². The Hall–Kier alpha value is -0.450. The van der Waals surface area contributed by atoms with Crippen LogP contribution < -0.4 is 10.6 Å². The molecule has 3 nitrogen and oxygen atoms in total. The average Bonchev–Trinajstić information content (AvgIpc) is 2.83. The topological polar surface area (TPSA) is 37.0 Å². The van der Waals surface area contributed by atoms with E-state index < -0.39 is 0 Å². The van der Waals surface area contributed by atoms with Crippen molar-refractivity contribution in [1.29, 1.82) is 0 Å². The first-order chi connectivity index (χ1) is 7.75. The van der Waals surface area contributed by atoms with E-state index in [-0.39, 0.29) is 0 Å². The number of rotatable bonds is 5. The predicted octanol–water partition coefficient (Wildman–Crippen LogP) is 1.58. The molecule has 2 unspecified atom stereocenters. The van der Waals surface area contributed by atoms with Gasteiger partial charge in [0.15, 0.2) is 0 Å². The van der Waals surface area contributed by atoms with E-state index >= 15 is 0 Å². The van der Waals surface area contributed by atoms with Crippen molar-refractivity contribution in [2.24, 2.45) is 5.92 Å². The van der Waals surface area contributed by atoms with Crippen LogP contribution in [0.1, 0.15) is 24.0 Å². The van der Waals surface area contributed by atoms with Gasteiger partial charge in [0.2, 0.25) is 0 Å². The van der Waals surface area contributed by atoms with Crippen LogP contribution >= 0.6 is 11.3 Å². The van der Waals surface area contributed by atoms with Crippen LogP contribution in [0.25, 0.3) is 0 Å². The summed E-state index contributed by atoms with van der Waals surface area (Å²) in [5.74, 6) is 0.804. The van der Waals surface area contributed by atoms with E-state index in [1.54, 1.807) is 11.3 Å². The molecule has 1 aromatic rings. The molecule has 90 valence electrons. The van der Waals surface area contributed by atoms with E-state index in [0.29, 0.717) is 6.04 Å².